The lowest BCUT2D eigenvalue weighted by Gasteiger charge is -2.16. The minimum atomic E-state index is 0.208. The van der Waals surface area contributed by atoms with Crippen LogP contribution in [-0.2, 0) is 6.54 Å². The van der Waals surface area contributed by atoms with Crippen LogP contribution in [0.4, 0.5) is 0 Å². The molecule has 0 saturated carbocycles. The summed E-state index contributed by atoms with van der Waals surface area (Å²) in [5, 5.41) is 8.79. The van der Waals surface area contributed by atoms with Gasteiger partial charge in [0.05, 0.1) is 6.61 Å². The van der Waals surface area contributed by atoms with Gasteiger partial charge in [-0.2, -0.15) is 0 Å². The van der Waals surface area contributed by atoms with Crippen LogP contribution >= 0.6 is 15.9 Å². The summed E-state index contributed by atoms with van der Waals surface area (Å²) >= 11 is 3.57. The summed E-state index contributed by atoms with van der Waals surface area (Å²) in [4.78, 5) is 2.10. The third-order valence-electron chi connectivity index (χ3n) is 2.19. The Morgan fingerprint density at radius 1 is 1.43 bits per heavy atom. The summed E-state index contributed by atoms with van der Waals surface area (Å²) in [7, 11) is 2.00. The van der Waals surface area contributed by atoms with Gasteiger partial charge in [0.1, 0.15) is 0 Å². The number of nitrogens with zero attached hydrogens (tertiary/aromatic N) is 1. The third-order valence-corrected chi connectivity index (χ3v) is 3.33. The van der Waals surface area contributed by atoms with Gasteiger partial charge in [0.2, 0.25) is 0 Å². The zero-order chi connectivity index (χ0) is 10.6. The van der Waals surface area contributed by atoms with E-state index < -0.39 is 0 Å². The Labute approximate surface area is 93.7 Å². The molecule has 0 aliphatic heterocycles. The van der Waals surface area contributed by atoms with Gasteiger partial charge in [0.25, 0.3) is 0 Å². The fraction of sp³-hybridized carbons (Fsp3) is 0.455. The van der Waals surface area contributed by atoms with E-state index in [0.717, 1.165) is 6.54 Å². The Morgan fingerprint density at radius 3 is 2.79 bits per heavy atom. The molecule has 1 rings (SSSR count). The van der Waals surface area contributed by atoms with Crippen LogP contribution in [0.2, 0.25) is 0 Å². The fourth-order valence-corrected chi connectivity index (χ4v) is 1.76. The van der Waals surface area contributed by atoms with Crippen molar-refractivity contribution in [2.75, 3.05) is 20.2 Å². The number of rotatable bonds is 4. The van der Waals surface area contributed by atoms with Gasteiger partial charge in [0.15, 0.2) is 0 Å². The van der Waals surface area contributed by atoms with Crippen LogP contribution in [0.3, 0.4) is 0 Å². The van der Waals surface area contributed by atoms with Crippen molar-refractivity contribution < 1.29 is 5.11 Å². The Hall–Kier alpha value is -0.380. The Morgan fingerprint density at radius 2 is 2.14 bits per heavy atom. The predicted octanol–water partition coefficient (Wildman–Crippen LogP) is 2.18. The topological polar surface area (TPSA) is 23.5 Å². The molecule has 1 N–H and O–H groups in total. The molecule has 0 amide bonds. The quantitative estimate of drug-likeness (QED) is 0.894. The lowest BCUT2D eigenvalue weighted by molar-refractivity contribution is 0.217. The molecule has 0 saturated heterocycles. The molecule has 0 aromatic heterocycles. The van der Waals surface area contributed by atoms with Crippen molar-refractivity contribution in [3.63, 3.8) is 0 Å². The SMILES string of the molecule is Cc1cccc(CN(C)CCO)c1Br. The number of aliphatic hydroxyl groups excluding tert-OH is 1. The van der Waals surface area contributed by atoms with E-state index in [4.69, 9.17) is 5.11 Å². The molecule has 0 aliphatic carbocycles. The number of likely N-dealkylation sites (N-methyl/N-ethyl adjacent to an activating group) is 1. The Kier molecular flexibility index (Phi) is 4.58. The highest BCUT2D eigenvalue weighted by Crippen LogP contribution is 2.21. The average Bonchev–Trinajstić information content (AvgIpc) is 2.13. The molecule has 2 nitrogen and oxygen atoms in total. The van der Waals surface area contributed by atoms with E-state index in [2.05, 4.69) is 46.0 Å². The zero-order valence-corrected chi connectivity index (χ0v) is 10.2. The lowest BCUT2D eigenvalue weighted by Crippen LogP contribution is -2.21. The second kappa shape index (κ2) is 5.49. The molecule has 3 heteroatoms. The van der Waals surface area contributed by atoms with E-state index in [9.17, 15) is 0 Å². The molecule has 0 radical (unpaired) electrons. The maximum absolute atomic E-state index is 8.79. The fourth-order valence-electron chi connectivity index (χ4n) is 1.37. The van der Waals surface area contributed by atoms with Crippen LogP contribution in [0.25, 0.3) is 0 Å². The van der Waals surface area contributed by atoms with Crippen molar-refractivity contribution in [2.45, 2.75) is 13.5 Å². The molecule has 0 unspecified atom stereocenters. The van der Waals surface area contributed by atoms with Crippen molar-refractivity contribution >= 4 is 15.9 Å². The van der Waals surface area contributed by atoms with E-state index in [1.54, 1.807) is 0 Å². The molecule has 0 bridgehead atoms. The van der Waals surface area contributed by atoms with E-state index >= 15 is 0 Å². The van der Waals surface area contributed by atoms with Crippen LogP contribution in [0, 0.1) is 6.92 Å². The van der Waals surface area contributed by atoms with Gasteiger partial charge in [-0.25, -0.2) is 0 Å². The molecule has 1 aromatic carbocycles. The van der Waals surface area contributed by atoms with Gasteiger partial charge >= 0.3 is 0 Å². The number of aliphatic hydroxyl groups is 1. The van der Waals surface area contributed by atoms with Gasteiger partial charge in [-0.05, 0) is 25.1 Å². The standard InChI is InChI=1S/C11H16BrNO/c1-9-4-3-5-10(11(9)12)8-13(2)6-7-14/h3-5,14H,6-8H2,1-2H3. The van der Waals surface area contributed by atoms with Crippen molar-refractivity contribution in [3.05, 3.63) is 33.8 Å². The molecule has 0 atom stereocenters. The van der Waals surface area contributed by atoms with Crippen LogP contribution in [0.15, 0.2) is 22.7 Å². The van der Waals surface area contributed by atoms with E-state index in [-0.39, 0.29) is 6.61 Å². The number of aryl methyl sites for hydroxylation is 1. The van der Waals surface area contributed by atoms with Gasteiger partial charge in [-0.3, -0.25) is 4.90 Å². The normalized spacial score (nSPS) is 10.9. The molecular formula is C11H16BrNO. The predicted molar refractivity (Wildman–Crippen MR) is 62.3 cm³/mol. The zero-order valence-electron chi connectivity index (χ0n) is 8.63. The van der Waals surface area contributed by atoms with Gasteiger partial charge in [0, 0.05) is 17.6 Å². The van der Waals surface area contributed by atoms with E-state index in [1.807, 2.05) is 7.05 Å². The summed E-state index contributed by atoms with van der Waals surface area (Å²) in [6, 6.07) is 6.24. The van der Waals surface area contributed by atoms with Gasteiger partial charge in [-0.1, -0.05) is 34.1 Å². The molecular weight excluding hydrogens is 242 g/mol. The molecule has 0 aliphatic rings. The van der Waals surface area contributed by atoms with Crippen molar-refractivity contribution in [3.8, 4) is 0 Å². The van der Waals surface area contributed by atoms with Crippen LogP contribution in [-0.4, -0.2) is 30.2 Å². The van der Waals surface area contributed by atoms with E-state index in [1.165, 1.54) is 15.6 Å². The highest BCUT2D eigenvalue weighted by Gasteiger charge is 2.04. The number of hydrogen-bond donors (Lipinski definition) is 1. The summed E-state index contributed by atoms with van der Waals surface area (Å²) in [6.07, 6.45) is 0. The summed E-state index contributed by atoms with van der Waals surface area (Å²) in [5.74, 6) is 0. The third kappa shape index (κ3) is 3.08. The molecule has 0 fully saturated rings. The first-order valence-corrected chi connectivity index (χ1v) is 5.48. The minimum Gasteiger partial charge on any atom is -0.395 e. The maximum Gasteiger partial charge on any atom is 0.0558 e. The van der Waals surface area contributed by atoms with Gasteiger partial charge in [-0.15, -0.1) is 0 Å². The number of hydrogen-bond acceptors (Lipinski definition) is 2. The molecule has 0 spiro atoms. The Bertz CT molecular complexity index is 301. The maximum atomic E-state index is 8.79. The molecule has 1 aromatic rings. The smallest absolute Gasteiger partial charge is 0.0558 e. The minimum absolute atomic E-state index is 0.208. The van der Waals surface area contributed by atoms with Crippen LogP contribution in [0.5, 0.6) is 0 Å². The Balaban J connectivity index is 2.71. The molecule has 0 heterocycles. The first-order chi connectivity index (χ1) is 6.65. The number of halogens is 1. The van der Waals surface area contributed by atoms with Crippen molar-refractivity contribution in [1.29, 1.82) is 0 Å². The highest BCUT2D eigenvalue weighted by molar-refractivity contribution is 9.10. The number of benzene rings is 1. The highest BCUT2D eigenvalue weighted by atomic mass is 79.9. The van der Waals surface area contributed by atoms with Crippen LogP contribution in [0.1, 0.15) is 11.1 Å². The second-order valence-electron chi connectivity index (χ2n) is 3.51. The van der Waals surface area contributed by atoms with Crippen molar-refractivity contribution in [1.82, 2.24) is 4.90 Å². The first-order valence-electron chi connectivity index (χ1n) is 4.68. The monoisotopic (exact) mass is 257 g/mol. The second-order valence-corrected chi connectivity index (χ2v) is 4.30. The molecule has 14 heavy (non-hydrogen) atoms. The van der Waals surface area contributed by atoms with Gasteiger partial charge < -0.3 is 5.11 Å². The first kappa shape index (κ1) is 11.7. The summed E-state index contributed by atoms with van der Waals surface area (Å²) in [6.45, 7) is 3.86. The average molecular weight is 258 g/mol. The summed E-state index contributed by atoms with van der Waals surface area (Å²) < 4.78 is 1.17. The van der Waals surface area contributed by atoms with Crippen molar-refractivity contribution in [2.24, 2.45) is 0 Å². The van der Waals surface area contributed by atoms with E-state index in [0.29, 0.717) is 6.54 Å². The largest absolute Gasteiger partial charge is 0.395 e. The lowest BCUT2D eigenvalue weighted by atomic mass is 10.1. The van der Waals surface area contributed by atoms with Crippen LogP contribution < -0.4 is 0 Å². The summed E-state index contributed by atoms with van der Waals surface area (Å²) in [5.41, 5.74) is 2.51. The molecule has 78 valence electrons.